The number of nitrogens with one attached hydrogen (secondary N) is 2. The normalized spacial score (nSPS) is 18.7. The molecule has 6 aromatic rings. The number of benzene rings is 6. The maximum atomic E-state index is 12.9. The van der Waals surface area contributed by atoms with Gasteiger partial charge in [0.25, 0.3) is 0 Å². The van der Waals surface area contributed by atoms with E-state index >= 15 is 0 Å². The first-order valence-corrected chi connectivity index (χ1v) is 20.1. The summed E-state index contributed by atoms with van der Waals surface area (Å²) in [5.74, 6) is 1.44. The molecule has 9 nitrogen and oxygen atoms in total. The van der Waals surface area contributed by atoms with Crippen molar-refractivity contribution in [3.63, 3.8) is 0 Å². The van der Waals surface area contributed by atoms with Gasteiger partial charge in [0.2, 0.25) is 0 Å². The van der Waals surface area contributed by atoms with E-state index in [1.165, 1.54) is 5.56 Å². The fourth-order valence-electron chi connectivity index (χ4n) is 7.65. The molecule has 0 saturated carbocycles. The number of hydrogen-bond acceptors (Lipinski definition) is 7. The number of urea groups is 1. The van der Waals surface area contributed by atoms with E-state index in [-0.39, 0.29) is 24.8 Å². The molecule has 9 heteroatoms. The molecule has 2 aliphatic rings. The molecule has 8 rings (SSSR count). The molecule has 0 spiro atoms. The van der Waals surface area contributed by atoms with Gasteiger partial charge in [0.1, 0.15) is 11.5 Å². The number of anilines is 1. The minimum absolute atomic E-state index is 0.00956. The van der Waals surface area contributed by atoms with Crippen LogP contribution >= 0.6 is 0 Å². The quantitative estimate of drug-likeness (QED) is 0.108. The summed E-state index contributed by atoms with van der Waals surface area (Å²) in [6, 6.07) is 51.8. The lowest BCUT2D eigenvalue weighted by Gasteiger charge is -2.40. The van der Waals surface area contributed by atoms with Crippen LogP contribution in [0.2, 0.25) is 0 Å². The zero-order valence-corrected chi connectivity index (χ0v) is 32.6. The molecule has 2 fully saturated rings. The highest BCUT2D eigenvalue weighted by molar-refractivity contribution is 5.89. The Morgan fingerprint density at radius 3 is 2.02 bits per heavy atom. The second-order valence-electron chi connectivity index (χ2n) is 14.9. The lowest BCUT2D eigenvalue weighted by Crippen LogP contribution is -2.49. The Balaban J connectivity index is 0.898. The Bertz CT molecular complexity index is 2190. The summed E-state index contributed by atoms with van der Waals surface area (Å²) in [7, 11) is 0. The first-order chi connectivity index (χ1) is 28.5. The van der Waals surface area contributed by atoms with Gasteiger partial charge in [0.05, 0.1) is 18.8 Å². The number of piperazine rings is 1. The van der Waals surface area contributed by atoms with Gasteiger partial charge in [-0.2, -0.15) is 0 Å². The van der Waals surface area contributed by atoms with Crippen LogP contribution in [-0.2, 0) is 29.2 Å². The molecule has 3 atom stereocenters. The van der Waals surface area contributed by atoms with E-state index in [4.69, 9.17) is 14.2 Å². The highest BCUT2D eigenvalue weighted by Crippen LogP contribution is 2.39. The van der Waals surface area contributed by atoms with Crippen molar-refractivity contribution in [2.45, 2.75) is 44.6 Å². The molecule has 0 aromatic heterocycles. The third-order valence-corrected chi connectivity index (χ3v) is 10.8. The van der Waals surface area contributed by atoms with E-state index in [0.717, 1.165) is 84.8 Å². The SMILES string of the molecule is O=C(NCc1ccccc1-c1ccc([C@H]2O[C@@H](CN3CCN(Cc4ccccc4)CC3)C[C@@H](c3ccc(CO)cc3)O2)cc1)Nc1ccc(Oc2ccccc2)cc1. The molecule has 2 amide bonds. The molecular weight excluding hydrogens is 725 g/mol. The van der Waals surface area contributed by atoms with Crippen molar-refractivity contribution < 1.29 is 24.1 Å². The van der Waals surface area contributed by atoms with Crippen LogP contribution in [0.15, 0.2) is 158 Å². The van der Waals surface area contributed by atoms with Gasteiger partial charge in [-0.1, -0.05) is 121 Å². The molecule has 58 heavy (non-hydrogen) atoms. The van der Waals surface area contributed by atoms with Crippen molar-refractivity contribution in [1.82, 2.24) is 15.1 Å². The summed E-state index contributed by atoms with van der Waals surface area (Å²) >= 11 is 0. The van der Waals surface area contributed by atoms with Crippen LogP contribution in [0.4, 0.5) is 10.5 Å². The zero-order chi connectivity index (χ0) is 39.5. The van der Waals surface area contributed by atoms with E-state index in [1.54, 1.807) is 0 Å². The van der Waals surface area contributed by atoms with Crippen molar-refractivity contribution in [2.75, 3.05) is 38.0 Å². The van der Waals surface area contributed by atoms with Gasteiger partial charge in [0.15, 0.2) is 6.29 Å². The number of hydrogen-bond donors (Lipinski definition) is 3. The van der Waals surface area contributed by atoms with Crippen LogP contribution < -0.4 is 15.4 Å². The van der Waals surface area contributed by atoms with E-state index in [2.05, 4.69) is 93.2 Å². The van der Waals surface area contributed by atoms with Crippen molar-refractivity contribution in [1.29, 1.82) is 0 Å². The molecule has 2 heterocycles. The number of rotatable bonds is 13. The lowest BCUT2D eigenvalue weighted by atomic mass is 9.97. The summed E-state index contributed by atoms with van der Waals surface area (Å²) in [6.45, 7) is 6.22. The predicted octanol–water partition coefficient (Wildman–Crippen LogP) is 9.32. The van der Waals surface area contributed by atoms with Crippen LogP contribution in [0.5, 0.6) is 11.5 Å². The van der Waals surface area contributed by atoms with E-state index in [9.17, 15) is 9.90 Å². The predicted molar refractivity (Wildman–Crippen MR) is 227 cm³/mol. The van der Waals surface area contributed by atoms with Crippen molar-refractivity contribution in [3.8, 4) is 22.6 Å². The molecule has 2 aliphatic heterocycles. The smallest absolute Gasteiger partial charge is 0.319 e. The lowest BCUT2D eigenvalue weighted by molar-refractivity contribution is -0.253. The van der Waals surface area contributed by atoms with Gasteiger partial charge in [-0.15, -0.1) is 0 Å². The number of amides is 2. The average molecular weight is 775 g/mol. The fraction of sp³-hybridized carbons (Fsp3) is 0.245. The number of carbonyl (C=O) groups is 1. The minimum atomic E-state index is -0.533. The van der Waals surface area contributed by atoms with Crippen molar-refractivity contribution >= 4 is 11.7 Å². The number of aliphatic hydroxyl groups excluding tert-OH is 1. The Morgan fingerprint density at radius 1 is 0.655 bits per heavy atom. The summed E-state index contributed by atoms with van der Waals surface area (Å²) in [5.41, 5.74) is 8.00. The molecule has 6 aromatic carbocycles. The first-order valence-electron chi connectivity index (χ1n) is 20.1. The van der Waals surface area contributed by atoms with E-state index in [0.29, 0.717) is 18.0 Å². The summed E-state index contributed by atoms with van der Waals surface area (Å²) < 4.78 is 19.3. The Hall–Kier alpha value is -5.81. The second kappa shape index (κ2) is 19.1. The average Bonchev–Trinajstić information content (AvgIpc) is 3.28. The Kier molecular flexibility index (Phi) is 12.8. The van der Waals surface area contributed by atoms with Gasteiger partial charge in [-0.05, 0) is 69.8 Å². The molecule has 3 N–H and O–H groups in total. The summed E-state index contributed by atoms with van der Waals surface area (Å²) in [4.78, 5) is 18.0. The van der Waals surface area contributed by atoms with Crippen molar-refractivity contribution in [2.24, 2.45) is 0 Å². The molecule has 2 saturated heterocycles. The molecule has 0 unspecified atom stereocenters. The number of ether oxygens (including phenoxy) is 3. The third kappa shape index (κ3) is 10.4. The van der Waals surface area contributed by atoms with E-state index < -0.39 is 6.29 Å². The minimum Gasteiger partial charge on any atom is -0.457 e. The van der Waals surface area contributed by atoms with Gasteiger partial charge >= 0.3 is 6.03 Å². The monoisotopic (exact) mass is 774 g/mol. The second-order valence-corrected chi connectivity index (χ2v) is 14.9. The van der Waals surface area contributed by atoms with Crippen LogP contribution in [0.25, 0.3) is 11.1 Å². The maximum Gasteiger partial charge on any atom is 0.319 e. The third-order valence-electron chi connectivity index (χ3n) is 10.8. The Labute approximate surface area is 340 Å². The van der Waals surface area contributed by atoms with Gasteiger partial charge in [-0.25, -0.2) is 4.79 Å². The van der Waals surface area contributed by atoms with Gasteiger partial charge in [-0.3, -0.25) is 9.80 Å². The summed E-state index contributed by atoms with van der Waals surface area (Å²) in [6.07, 6.45) is 0.0580. The highest BCUT2D eigenvalue weighted by atomic mass is 16.7. The highest BCUT2D eigenvalue weighted by Gasteiger charge is 2.34. The van der Waals surface area contributed by atoms with E-state index in [1.807, 2.05) is 84.9 Å². The van der Waals surface area contributed by atoms with Crippen LogP contribution in [0.3, 0.4) is 0 Å². The van der Waals surface area contributed by atoms with Gasteiger partial charge < -0.3 is 30.0 Å². The Morgan fingerprint density at radius 2 is 1.29 bits per heavy atom. The first kappa shape index (κ1) is 39.0. The zero-order valence-electron chi connectivity index (χ0n) is 32.6. The molecule has 0 radical (unpaired) electrons. The summed E-state index contributed by atoms with van der Waals surface area (Å²) in [5, 5.41) is 15.6. The van der Waals surface area contributed by atoms with Crippen LogP contribution in [-0.4, -0.2) is 59.8 Å². The van der Waals surface area contributed by atoms with Gasteiger partial charge in [0, 0.05) is 63.5 Å². The topological polar surface area (TPSA) is 95.5 Å². The molecular formula is C49H50N4O5. The number of para-hydroxylation sites is 1. The number of nitrogens with zero attached hydrogens (tertiary/aromatic N) is 2. The number of aliphatic hydroxyl groups is 1. The number of carbonyl (C=O) groups excluding carboxylic acids is 1. The molecule has 0 bridgehead atoms. The molecule has 0 aliphatic carbocycles. The van der Waals surface area contributed by atoms with Crippen LogP contribution in [0, 0.1) is 0 Å². The molecule has 296 valence electrons. The fourth-order valence-corrected chi connectivity index (χ4v) is 7.65. The standard InChI is InChI=1S/C49H50N4O5/c54-35-37-15-17-39(18-16-37)47-31-45(34-53-29-27-52(28-30-53)33-36-9-3-1-4-10-36)57-48(58-47)40-21-19-38(20-22-40)46-14-8-7-11-41(46)32-50-49(55)51-42-23-25-44(26-24-42)56-43-12-5-2-6-13-43/h1-26,45,47-48,54H,27-35H2,(H2,50,51,55)/t45-,47+,48+/m1/s1. The largest absolute Gasteiger partial charge is 0.457 e. The van der Waals surface area contributed by atoms with Crippen molar-refractivity contribution in [3.05, 3.63) is 186 Å². The van der Waals surface area contributed by atoms with Crippen LogP contribution in [0.1, 0.15) is 46.6 Å². The maximum absolute atomic E-state index is 12.9.